The van der Waals surface area contributed by atoms with Crippen molar-refractivity contribution in [3.8, 4) is 0 Å². The van der Waals surface area contributed by atoms with Gasteiger partial charge in [-0.25, -0.2) is 8.78 Å². The van der Waals surface area contributed by atoms with E-state index in [9.17, 15) is 17.6 Å². The predicted octanol–water partition coefficient (Wildman–Crippen LogP) is 3.53. The number of nitrogens with one attached hydrogen (secondary N) is 1. The van der Waals surface area contributed by atoms with E-state index < -0.39 is 18.9 Å². The van der Waals surface area contributed by atoms with E-state index in [0.29, 0.717) is 11.7 Å². The molecule has 2 rings (SSSR count). The molecular formula is C12H18F4N2S. The van der Waals surface area contributed by atoms with Crippen molar-refractivity contribution in [3.63, 3.8) is 0 Å². The van der Waals surface area contributed by atoms with Gasteiger partial charge in [0.15, 0.2) is 5.17 Å². The molecule has 1 aliphatic carbocycles. The highest BCUT2D eigenvalue weighted by atomic mass is 32.2. The van der Waals surface area contributed by atoms with Gasteiger partial charge in [-0.1, -0.05) is 31.0 Å². The highest BCUT2D eigenvalue weighted by Gasteiger charge is 2.41. The molecule has 0 saturated heterocycles. The zero-order chi connectivity index (χ0) is 13.9. The maximum Gasteiger partial charge on any atom is 0.324 e. The Balaban J connectivity index is 1.84. The molecule has 7 heteroatoms. The number of alkyl halides is 4. The lowest BCUT2D eigenvalue weighted by Crippen LogP contribution is -2.43. The minimum absolute atomic E-state index is 0.208. The first-order chi connectivity index (χ1) is 8.94. The Hall–Kier alpha value is -0.460. The number of rotatable bonds is 3. The van der Waals surface area contributed by atoms with Gasteiger partial charge in [0.2, 0.25) is 0 Å². The molecule has 1 fully saturated rings. The minimum Gasteiger partial charge on any atom is -0.359 e. The first-order valence-electron chi connectivity index (χ1n) is 6.51. The molecule has 2 aliphatic rings. The summed E-state index contributed by atoms with van der Waals surface area (Å²) in [6, 6.07) is 0. The van der Waals surface area contributed by atoms with Crippen molar-refractivity contribution in [1.82, 2.24) is 5.32 Å². The van der Waals surface area contributed by atoms with E-state index in [1.807, 2.05) is 0 Å². The summed E-state index contributed by atoms with van der Waals surface area (Å²) < 4.78 is 49.6. The smallest absolute Gasteiger partial charge is 0.324 e. The molecule has 110 valence electrons. The van der Waals surface area contributed by atoms with Crippen molar-refractivity contribution < 1.29 is 17.6 Å². The fraction of sp³-hybridized carbons (Fsp3) is 0.917. The van der Waals surface area contributed by atoms with Gasteiger partial charge in [-0.2, -0.15) is 8.78 Å². The number of hydrogen-bond donors (Lipinski definition) is 1. The quantitative estimate of drug-likeness (QED) is 0.806. The molecule has 0 atom stereocenters. The van der Waals surface area contributed by atoms with Gasteiger partial charge in [-0.3, -0.25) is 4.99 Å². The van der Waals surface area contributed by atoms with Crippen molar-refractivity contribution in [1.29, 1.82) is 0 Å². The molecule has 19 heavy (non-hydrogen) atoms. The number of amidine groups is 1. The van der Waals surface area contributed by atoms with Crippen molar-refractivity contribution in [3.05, 3.63) is 0 Å². The highest BCUT2D eigenvalue weighted by Crippen LogP contribution is 2.41. The van der Waals surface area contributed by atoms with Crippen LogP contribution in [0.25, 0.3) is 0 Å². The van der Waals surface area contributed by atoms with Gasteiger partial charge in [0.25, 0.3) is 0 Å². The average molecular weight is 298 g/mol. The molecule has 1 saturated carbocycles. The van der Waals surface area contributed by atoms with E-state index in [4.69, 9.17) is 0 Å². The van der Waals surface area contributed by atoms with Crippen LogP contribution in [0, 0.1) is 5.41 Å². The summed E-state index contributed by atoms with van der Waals surface area (Å²) in [5, 5.41) is 2.72. The van der Waals surface area contributed by atoms with Gasteiger partial charge >= 0.3 is 12.3 Å². The van der Waals surface area contributed by atoms with Crippen LogP contribution in [0.4, 0.5) is 17.6 Å². The van der Waals surface area contributed by atoms with Crippen LogP contribution in [0.5, 0.6) is 0 Å². The molecule has 2 nitrogen and oxygen atoms in total. The second-order valence-corrected chi connectivity index (χ2v) is 6.35. The summed E-state index contributed by atoms with van der Waals surface area (Å²) in [6.07, 6.45) is 2.26. The largest absolute Gasteiger partial charge is 0.359 e. The van der Waals surface area contributed by atoms with Crippen LogP contribution in [0.1, 0.15) is 32.1 Å². The molecule has 0 bridgehead atoms. The molecule has 1 heterocycles. The van der Waals surface area contributed by atoms with E-state index in [1.165, 1.54) is 31.0 Å². The monoisotopic (exact) mass is 298 g/mol. The van der Waals surface area contributed by atoms with E-state index in [-0.39, 0.29) is 5.41 Å². The summed E-state index contributed by atoms with van der Waals surface area (Å²) in [6.45, 7) is -0.425. The summed E-state index contributed by atoms with van der Waals surface area (Å²) in [7, 11) is 0. The van der Waals surface area contributed by atoms with Crippen LogP contribution in [0.3, 0.4) is 0 Å². The van der Waals surface area contributed by atoms with E-state index in [0.717, 1.165) is 18.6 Å². The number of aliphatic imine (C=N–C) groups is 1. The predicted molar refractivity (Wildman–Crippen MR) is 69.2 cm³/mol. The zero-order valence-corrected chi connectivity index (χ0v) is 11.4. The highest BCUT2D eigenvalue weighted by molar-refractivity contribution is 8.13. The molecule has 1 spiro atoms. The normalized spacial score (nSPS) is 23.5. The zero-order valence-electron chi connectivity index (χ0n) is 10.6. The van der Waals surface area contributed by atoms with Gasteiger partial charge < -0.3 is 5.32 Å². The molecular weight excluding hydrogens is 280 g/mol. The topological polar surface area (TPSA) is 24.4 Å². The Morgan fingerprint density at radius 2 is 1.95 bits per heavy atom. The van der Waals surface area contributed by atoms with Crippen molar-refractivity contribution in [2.75, 3.05) is 18.8 Å². The molecule has 0 aromatic carbocycles. The SMILES string of the molecule is FC(F)C(F)(F)CNC1=NCC2(CCCCC2)CS1. The summed E-state index contributed by atoms with van der Waals surface area (Å²) in [4.78, 5) is 4.26. The maximum atomic E-state index is 12.8. The van der Waals surface area contributed by atoms with Crippen molar-refractivity contribution in [2.45, 2.75) is 44.5 Å². The Morgan fingerprint density at radius 3 is 2.47 bits per heavy atom. The first-order valence-corrected chi connectivity index (χ1v) is 7.49. The van der Waals surface area contributed by atoms with Crippen LogP contribution in [0.2, 0.25) is 0 Å². The number of hydrogen-bond acceptors (Lipinski definition) is 3. The lowest BCUT2D eigenvalue weighted by molar-refractivity contribution is -0.122. The third-order valence-corrected chi connectivity index (χ3v) is 5.09. The maximum absolute atomic E-state index is 12.8. The summed E-state index contributed by atoms with van der Waals surface area (Å²) in [5.41, 5.74) is 0.208. The van der Waals surface area contributed by atoms with Crippen LogP contribution in [-0.4, -0.2) is 36.4 Å². The van der Waals surface area contributed by atoms with Gasteiger partial charge in [0.1, 0.15) is 0 Å². The number of thioether (sulfide) groups is 1. The molecule has 1 aliphatic heterocycles. The van der Waals surface area contributed by atoms with E-state index >= 15 is 0 Å². The van der Waals surface area contributed by atoms with Gasteiger partial charge in [0.05, 0.1) is 6.54 Å². The second-order valence-electron chi connectivity index (χ2n) is 5.39. The minimum atomic E-state index is -4.00. The molecule has 0 radical (unpaired) electrons. The lowest BCUT2D eigenvalue weighted by atomic mass is 9.75. The fourth-order valence-corrected chi connectivity index (χ4v) is 3.69. The molecule has 0 aromatic rings. The lowest BCUT2D eigenvalue weighted by Gasteiger charge is -2.38. The van der Waals surface area contributed by atoms with Gasteiger partial charge in [0, 0.05) is 12.3 Å². The third kappa shape index (κ3) is 3.77. The van der Waals surface area contributed by atoms with E-state index in [2.05, 4.69) is 10.3 Å². The van der Waals surface area contributed by atoms with E-state index in [1.54, 1.807) is 0 Å². The molecule has 0 amide bonds. The molecule has 0 aromatic heterocycles. The van der Waals surface area contributed by atoms with Crippen LogP contribution in [0.15, 0.2) is 4.99 Å². The first kappa shape index (κ1) is 14.9. The van der Waals surface area contributed by atoms with Gasteiger partial charge in [-0.05, 0) is 18.3 Å². The van der Waals surface area contributed by atoms with Crippen LogP contribution in [-0.2, 0) is 0 Å². The Labute approximate surface area is 114 Å². The van der Waals surface area contributed by atoms with Gasteiger partial charge in [-0.15, -0.1) is 0 Å². The molecule has 1 N–H and O–H groups in total. The molecule has 0 unspecified atom stereocenters. The van der Waals surface area contributed by atoms with Crippen LogP contribution < -0.4 is 5.32 Å². The Morgan fingerprint density at radius 1 is 1.26 bits per heavy atom. The fourth-order valence-electron chi connectivity index (χ4n) is 2.53. The van der Waals surface area contributed by atoms with Crippen molar-refractivity contribution in [2.24, 2.45) is 10.4 Å². The third-order valence-electron chi connectivity index (χ3n) is 3.78. The standard InChI is InChI=1S/C12H18F4N2S/c13-9(14)12(15,16)7-18-10-17-6-11(8-19-10)4-2-1-3-5-11/h9H,1-8H2,(H,17,18). The number of nitrogens with zero attached hydrogens (tertiary/aromatic N) is 1. The second kappa shape index (κ2) is 5.89. The summed E-state index contributed by atoms with van der Waals surface area (Å²) >= 11 is 1.38. The number of halogens is 4. The Bertz CT molecular complexity index is 341. The average Bonchev–Trinajstić information content (AvgIpc) is 2.39. The Kier molecular flexibility index (Phi) is 4.63. The summed E-state index contributed by atoms with van der Waals surface area (Å²) in [5.74, 6) is -3.15. The van der Waals surface area contributed by atoms with Crippen molar-refractivity contribution >= 4 is 16.9 Å². The van der Waals surface area contributed by atoms with Crippen LogP contribution >= 0.6 is 11.8 Å².